The van der Waals surface area contributed by atoms with Gasteiger partial charge in [0.05, 0.1) is 36.6 Å². The van der Waals surface area contributed by atoms with Crippen LogP contribution < -0.4 is 5.32 Å². The number of hydrogen-bond donors (Lipinski definition) is 3. The maximum atomic E-state index is 14.3. The third kappa shape index (κ3) is 3.25. The summed E-state index contributed by atoms with van der Waals surface area (Å²) >= 11 is 0. The Balaban J connectivity index is 1.94. The van der Waals surface area contributed by atoms with E-state index in [-0.39, 0.29) is 24.3 Å². The third-order valence-corrected chi connectivity index (χ3v) is 4.26. The van der Waals surface area contributed by atoms with Crippen molar-refractivity contribution in [1.82, 2.24) is 4.90 Å². The molecular weight excluding hydrogens is 349 g/mol. The molecule has 5 nitrogen and oxygen atoms in total. The molecule has 1 heterocycles. The first-order valence-corrected chi connectivity index (χ1v) is 7.88. The molecule has 0 aromatic heterocycles. The molecule has 1 fully saturated rings. The number of nitrogens with one attached hydrogen (secondary N) is 1. The minimum atomic E-state index is -1.40. The number of β-amino-alcohol motifs (C(OH)–C–C–N with tert-alkyl or cyclic N) is 1. The van der Waals surface area contributed by atoms with Gasteiger partial charge in [-0.05, 0) is 36.8 Å². The van der Waals surface area contributed by atoms with E-state index in [0.717, 1.165) is 12.1 Å². The highest BCUT2D eigenvalue weighted by Crippen LogP contribution is 2.31. The first-order chi connectivity index (χ1) is 12.2. The van der Waals surface area contributed by atoms with Crippen LogP contribution in [0.3, 0.4) is 0 Å². The van der Waals surface area contributed by atoms with Crippen molar-refractivity contribution < 1.29 is 28.2 Å². The van der Waals surface area contributed by atoms with E-state index in [2.05, 4.69) is 5.32 Å². The number of halogens is 3. The van der Waals surface area contributed by atoms with Crippen LogP contribution in [0.2, 0.25) is 0 Å². The first-order valence-electron chi connectivity index (χ1n) is 7.88. The number of carbonyl (C=O) groups excluding carboxylic acids is 1. The summed E-state index contributed by atoms with van der Waals surface area (Å²) in [6, 6.07) is 6.05. The molecule has 0 saturated carbocycles. The number of rotatable bonds is 4. The monoisotopic (exact) mass is 366 g/mol. The van der Waals surface area contributed by atoms with Crippen molar-refractivity contribution in [3.05, 3.63) is 58.9 Å². The molecule has 0 aliphatic carbocycles. The van der Waals surface area contributed by atoms with E-state index in [1.807, 2.05) is 0 Å². The summed E-state index contributed by atoms with van der Waals surface area (Å²) < 4.78 is 42.0. The summed E-state index contributed by atoms with van der Waals surface area (Å²) in [5, 5.41) is 21.3. The van der Waals surface area contributed by atoms with Gasteiger partial charge in [-0.2, -0.15) is 0 Å². The van der Waals surface area contributed by atoms with Gasteiger partial charge < -0.3 is 20.4 Å². The van der Waals surface area contributed by atoms with Crippen LogP contribution in [-0.4, -0.2) is 46.3 Å². The molecule has 2 aromatic carbocycles. The molecule has 0 radical (unpaired) electrons. The molecule has 1 saturated heterocycles. The number of benzene rings is 2. The van der Waals surface area contributed by atoms with Gasteiger partial charge in [-0.25, -0.2) is 13.2 Å². The van der Waals surface area contributed by atoms with E-state index >= 15 is 0 Å². The number of hydrogen-bond acceptors (Lipinski definition) is 4. The van der Waals surface area contributed by atoms with Crippen LogP contribution in [0.1, 0.15) is 15.9 Å². The second-order valence-electron chi connectivity index (χ2n) is 6.44. The Morgan fingerprint density at radius 2 is 1.88 bits per heavy atom. The van der Waals surface area contributed by atoms with E-state index in [1.165, 1.54) is 17.0 Å². The van der Waals surface area contributed by atoms with Crippen LogP contribution in [0.4, 0.5) is 24.5 Å². The number of likely N-dealkylation sites (tertiary alicyclic amines) is 1. The summed E-state index contributed by atoms with van der Waals surface area (Å²) in [5.74, 6) is -3.84. The first kappa shape index (κ1) is 18.2. The Hall–Kier alpha value is -2.58. The normalized spacial score (nSPS) is 15.5. The smallest absolute Gasteiger partial charge is 0.256 e. The van der Waals surface area contributed by atoms with Gasteiger partial charge in [0.25, 0.3) is 5.91 Å². The van der Waals surface area contributed by atoms with Crippen LogP contribution in [0.5, 0.6) is 0 Å². The molecule has 2 aromatic rings. The zero-order valence-corrected chi connectivity index (χ0v) is 13.9. The maximum Gasteiger partial charge on any atom is 0.256 e. The van der Waals surface area contributed by atoms with E-state index in [9.17, 15) is 23.1 Å². The Morgan fingerprint density at radius 3 is 2.50 bits per heavy atom. The van der Waals surface area contributed by atoms with Crippen LogP contribution in [0, 0.1) is 24.4 Å². The average molecular weight is 366 g/mol. The van der Waals surface area contributed by atoms with Gasteiger partial charge in [-0.1, -0.05) is 6.07 Å². The second kappa shape index (κ2) is 6.62. The summed E-state index contributed by atoms with van der Waals surface area (Å²) in [6.07, 6.45) is 0. The molecule has 1 aliphatic rings. The Morgan fingerprint density at radius 1 is 1.19 bits per heavy atom. The molecule has 138 valence electrons. The van der Waals surface area contributed by atoms with Gasteiger partial charge in [0.15, 0.2) is 11.6 Å². The summed E-state index contributed by atoms with van der Waals surface area (Å²) in [5.41, 5.74) is -1.55. The molecular formula is C18H17F3N2O3. The van der Waals surface area contributed by atoms with Crippen molar-refractivity contribution in [1.29, 1.82) is 0 Å². The largest absolute Gasteiger partial charge is 0.393 e. The van der Waals surface area contributed by atoms with Crippen molar-refractivity contribution in [3.63, 3.8) is 0 Å². The van der Waals surface area contributed by atoms with E-state index in [1.54, 1.807) is 13.0 Å². The fraction of sp³-hybridized carbons (Fsp3) is 0.278. The predicted octanol–water partition coefficient (Wildman–Crippen LogP) is 2.34. The zero-order chi connectivity index (χ0) is 19.1. The lowest BCUT2D eigenvalue weighted by Gasteiger charge is -2.45. The highest BCUT2D eigenvalue weighted by Gasteiger charge is 2.44. The van der Waals surface area contributed by atoms with Crippen LogP contribution in [-0.2, 0) is 0 Å². The molecule has 3 rings (SSSR count). The minimum Gasteiger partial charge on any atom is -0.393 e. The molecule has 0 unspecified atom stereocenters. The topological polar surface area (TPSA) is 72.8 Å². The van der Waals surface area contributed by atoms with E-state index in [0.29, 0.717) is 5.56 Å². The summed E-state index contributed by atoms with van der Waals surface area (Å²) in [7, 11) is 0. The fourth-order valence-electron chi connectivity index (χ4n) is 2.79. The van der Waals surface area contributed by atoms with Gasteiger partial charge in [0, 0.05) is 0 Å². The van der Waals surface area contributed by atoms with Crippen molar-refractivity contribution in [2.75, 3.05) is 25.0 Å². The highest BCUT2D eigenvalue weighted by molar-refractivity contribution is 6.01. The van der Waals surface area contributed by atoms with Crippen LogP contribution in [0.25, 0.3) is 0 Å². The van der Waals surface area contributed by atoms with Crippen molar-refractivity contribution >= 4 is 17.3 Å². The lowest BCUT2D eigenvalue weighted by atomic mass is 9.94. The number of aliphatic hydroxyl groups is 2. The molecule has 1 aliphatic heterocycles. The highest BCUT2D eigenvalue weighted by atomic mass is 19.2. The predicted molar refractivity (Wildman–Crippen MR) is 88.7 cm³/mol. The lowest BCUT2D eigenvalue weighted by molar-refractivity contribution is -0.109. The summed E-state index contributed by atoms with van der Waals surface area (Å²) in [4.78, 5) is 13.7. The van der Waals surface area contributed by atoms with Crippen molar-refractivity contribution in [2.45, 2.75) is 12.5 Å². The lowest BCUT2D eigenvalue weighted by Crippen LogP contribution is -2.65. The van der Waals surface area contributed by atoms with Gasteiger partial charge in [0.2, 0.25) is 0 Å². The molecule has 0 atom stereocenters. The van der Waals surface area contributed by atoms with Crippen molar-refractivity contribution in [3.8, 4) is 0 Å². The fourth-order valence-corrected chi connectivity index (χ4v) is 2.79. The molecule has 0 bridgehead atoms. The SMILES string of the molecule is Cc1ccc(Nc2c(C(=O)N3CC(O)(CO)C3)ccc(F)c2F)c(F)c1. The van der Waals surface area contributed by atoms with Gasteiger partial charge in [0.1, 0.15) is 11.4 Å². The average Bonchev–Trinajstić information content (AvgIpc) is 2.57. The number of carbonyl (C=O) groups is 1. The van der Waals surface area contributed by atoms with Crippen LogP contribution in [0.15, 0.2) is 30.3 Å². The molecule has 0 spiro atoms. The van der Waals surface area contributed by atoms with Crippen LogP contribution >= 0.6 is 0 Å². The van der Waals surface area contributed by atoms with Gasteiger partial charge >= 0.3 is 0 Å². The quantitative estimate of drug-likeness (QED) is 0.777. The number of amides is 1. The van der Waals surface area contributed by atoms with Gasteiger partial charge in [-0.3, -0.25) is 4.79 Å². The molecule has 8 heteroatoms. The zero-order valence-electron chi connectivity index (χ0n) is 13.9. The Labute approximate surface area is 147 Å². The standard InChI is InChI=1S/C18H17F3N2O3/c1-10-2-5-14(13(20)6-10)22-16-11(3-4-12(19)15(16)21)17(25)23-7-18(26,8-23)9-24/h2-6,22,24,26H,7-9H2,1H3. The number of anilines is 2. The number of nitrogens with zero attached hydrogens (tertiary/aromatic N) is 1. The maximum absolute atomic E-state index is 14.3. The van der Waals surface area contributed by atoms with E-state index in [4.69, 9.17) is 5.11 Å². The van der Waals surface area contributed by atoms with Crippen molar-refractivity contribution in [2.24, 2.45) is 0 Å². The number of aliphatic hydroxyl groups excluding tert-OH is 1. The van der Waals surface area contributed by atoms with E-state index < -0.39 is 41.3 Å². The van der Waals surface area contributed by atoms with Gasteiger partial charge in [-0.15, -0.1) is 0 Å². The second-order valence-corrected chi connectivity index (χ2v) is 6.44. The Bertz CT molecular complexity index is 867. The summed E-state index contributed by atoms with van der Waals surface area (Å²) in [6.45, 7) is 0.879. The third-order valence-electron chi connectivity index (χ3n) is 4.26. The molecule has 26 heavy (non-hydrogen) atoms. The molecule has 3 N–H and O–H groups in total. The Kier molecular flexibility index (Phi) is 4.64. The molecule has 1 amide bonds. The minimum absolute atomic E-state index is 0.107. The number of aryl methyl sites for hydroxylation is 1.